The van der Waals surface area contributed by atoms with Crippen molar-refractivity contribution in [3.05, 3.63) is 41.3 Å². The number of hydrogen-bond donors (Lipinski definition) is 0. The summed E-state index contributed by atoms with van der Waals surface area (Å²) in [6.07, 6.45) is 2.86. The van der Waals surface area contributed by atoms with E-state index in [1.807, 2.05) is 0 Å². The lowest BCUT2D eigenvalue weighted by Gasteiger charge is -2.33. The van der Waals surface area contributed by atoms with Crippen LogP contribution in [0.25, 0.3) is 5.57 Å². The van der Waals surface area contributed by atoms with Gasteiger partial charge in [0, 0.05) is 39.3 Å². The molecule has 4 rings (SSSR count). The summed E-state index contributed by atoms with van der Waals surface area (Å²) in [6, 6.07) is 5.89. The van der Waals surface area contributed by atoms with E-state index in [-0.39, 0.29) is 17.6 Å². The smallest absolute Gasteiger partial charge is 0.277 e. The van der Waals surface area contributed by atoms with Crippen molar-refractivity contribution in [3.8, 4) is 0 Å². The van der Waals surface area contributed by atoms with Crippen molar-refractivity contribution in [2.24, 2.45) is 5.92 Å². The Labute approximate surface area is 177 Å². The van der Waals surface area contributed by atoms with Gasteiger partial charge in [0.25, 0.3) is 11.8 Å². The van der Waals surface area contributed by atoms with E-state index in [9.17, 15) is 14.0 Å². The molecule has 3 heterocycles. The Bertz CT molecular complexity index is 817. The first-order valence-corrected chi connectivity index (χ1v) is 11.0. The van der Waals surface area contributed by atoms with Gasteiger partial charge in [-0.15, -0.1) is 0 Å². The molecule has 1 aromatic carbocycles. The van der Waals surface area contributed by atoms with Crippen LogP contribution in [0.4, 0.5) is 4.39 Å². The van der Waals surface area contributed by atoms with Crippen molar-refractivity contribution in [1.82, 2.24) is 14.7 Å². The van der Waals surface area contributed by atoms with E-state index in [1.165, 1.54) is 17.0 Å². The molecular formula is C23H30FN3O3. The van der Waals surface area contributed by atoms with Gasteiger partial charge in [-0.1, -0.05) is 19.1 Å². The van der Waals surface area contributed by atoms with Crippen LogP contribution in [0.1, 0.15) is 31.7 Å². The highest BCUT2D eigenvalue weighted by Gasteiger charge is 2.42. The lowest BCUT2D eigenvalue weighted by atomic mass is 9.98. The third-order valence-corrected chi connectivity index (χ3v) is 6.21. The molecule has 1 aromatic rings. The van der Waals surface area contributed by atoms with E-state index >= 15 is 0 Å². The van der Waals surface area contributed by atoms with E-state index in [2.05, 4.69) is 16.7 Å². The number of carbonyl (C=O) groups excluding carboxylic acids is 2. The molecule has 0 N–H and O–H groups in total. The van der Waals surface area contributed by atoms with Crippen molar-refractivity contribution in [3.63, 3.8) is 0 Å². The van der Waals surface area contributed by atoms with E-state index in [1.54, 1.807) is 12.1 Å². The molecule has 0 radical (unpaired) electrons. The first-order valence-electron chi connectivity index (χ1n) is 11.0. The average molecular weight is 416 g/mol. The lowest BCUT2D eigenvalue weighted by Crippen LogP contribution is -2.41. The number of imide groups is 1. The number of morpholine rings is 1. The quantitative estimate of drug-likeness (QED) is 0.668. The maximum atomic E-state index is 13.5. The van der Waals surface area contributed by atoms with Crippen LogP contribution in [0.3, 0.4) is 0 Å². The van der Waals surface area contributed by atoms with Crippen LogP contribution in [0.5, 0.6) is 0 Å². The fraction of sp³-hybridized carbons (Fsp3) is 0.565. The van der Waals surface area contributed by atoms with Gasteiger partial charge in [0.05, 0.1) is 18.8 Å². The third-order valence-electron chi connectivity index (χ3n) is 6.21. The summed E-state index contributed by atoms with van der Waals surface area (Å²) in [6.45, 7) is 8.17. The van der Waals surface area contributed by atoms with Crippen molar-refractivity contribution < 1.29 is 18.7 Å². The van der Waals surface area contributed by atoms with Crippen LogP contribution < -0.4 is 0 Å². The maximum Gasteiger partial charge on any atom is 0.277 e. The Balaban J connectivity index is 1.54. The summed E-state index contributed by atoms with van der Waals surface area (Å²) in [5.74, 6) is -0.358. The van der Waals surface area contributed by atoms with Crippen LogP contribution in [0, 0.1) is 11.7 Å². The zero-order valence-corrected chi connectivity index (χ0v) is 17.6. The minimum atomic E-state index is -0.355. The van der Waals surface area contributed by atoms with Crippen LogP contribution >= 0.6 is 0 Å². The van der Waals surface area contributed by atoms with E-state index in [0.717, 1.165) is 65.2 Å². The Morgan fingerprint density at radius 3 is 2.47 bits per heavy atom. The number of amides is 2. The second kappa shape index (κ2) is 9.27. The fourth-order valence-corrected chi connectivity index (χ4v) is 4.61. The van der Waals surface area contributed by atoms with Crippen LogP contribution in [-0.4, -0.2) is 79.0 Å². The highest BCUT2D eigenvalue weighted by Crippen LogP contribution is 2.34. The van der Waals surface area contributed by atoms with Gasteiger partial charge in [-0.3, -0.25) is 19.4 Å². The molecule has 6 nitrogen and oxygen atoms in total. The molecular weight excluding hydrogens is 385 g/mol. The minimum Gasteiger partial charge on any atom is -0.379 e. The number of nitrogens with zero attached hydrogens (tertiary/aromatic N) is 3. The SMILES string of the molecule is CC1CCCN(C2=C(c3ccc(F)cc3)C(=O)N(CCCN3CCOCC3)C2=O)C1. The Morgan fingerprint density at radius 1 is 1.03 bits per heavy atom. The fourth-order valence-electron chi connectivity index (χ4n) is 4.61. The summed E-state index contributed by atoms with van der Waals surface area (Å²) < 4.78 is 18.8. The predicted octanol–water partition coefficient (Wildman–Crippen LogP) is 2.36. The molecule has 162 valence electrons. The second-order valence-corrected chi connectivity index (χ2v) is 8.49. The van der Waals surface area contributed by atoms with Crippen molar-refractivity contribution in [2.75, 3.05) is 52.5 Å². The molecule has 7 heteroatoms. The first-order chi connectivity index (χ1) is 14.5. The second-order valence-electron chi connectivity index (χ2n) is 8.49. The standard InChI is InChI=1S/C23H30FN3O3/c1-17-4-2-10-26(16-17)21-20(18-5-7-19(24)8-6-18)22(28)27(23(21)29)11-3-9-25-12-14-30-15-13-25/h5-8,17H,2-4,9-16H2,1H3. The molecule has 0 bridgehead atoms. The van der Waals surface area contributed by atoms with Gasteiger partial charge in [-0.2, -0.15) is 0 Å². The topological polar surface area (TPSA) is 53.1 Å². The Morgan fingerprint density at radius 2 is 1.77 bits per heavy atom. The largest absolute Gasteiger partial charge is 0.379 e. The van der Waals surface area contributed by atoms with E-state index in [4.69, 9.17) is 4.74 Å². The molecule has 1 unspecified atom stereocenters. The van der Waals surface area contributed by atoms with E-state index < -0.39 is 0 Å². The molecule has 2 saturated heterocycles. The summed E-state index contributed by atoms with van der Waals surface area (Å²) in [5.41, 5.74) is 1.52. The zero-order chi connectivity index (χ0) is 21.1. The summed E-state index contributed by atoms with van der Waals surface area (Å²) in [4.78, 5) is 32.4. The third kappa shape index (κ3) is 4.42. The number of likely N-dealkylation sites (tertiary alicyclic amines) is 1. The van der Waals surface area contributed by atoms with Gasteiger partial charge in [0.15, 0.2) is 0 Å². The number of ether oxygens (including phenoxy) is 1. The highest BCUT2D eigenvalue weighted by atomic mass is 19.1. The summed E-state index contributed by atoms with van der Waals surface area (Å²) >= 11 is 0. The summed E-state index contributed by atoms with van der Waals surface area (Å²) in [7, 11) is 0. The predicted molar refractivity (Wildman–Crippen MR) is 112 cm³/mol. The molecule has 2 amide bonds. The van der Waals surface area contributed by atoms with Gasteiger partial charge in [0.1, 0.15) is 11.5 Å². The number of hydrogen-bond acceptors (Lipinski definition) is 5. The molecule has 3 aliphatic heterocycles. The van der Waals surface area contributed by atoms with Gasteiger partial charge >= 0.3 is 0 Å². The van der Waals surface area contributed by atoms with Crippen molar-refractivity contribution >= 4 is 17.4 Å². The van der Waals surface area contributed by atoms with Crippen LogP contribution in [-0.2, 0) is 14.3 Å². The lowest BCUT2D eigenvalue weighted by molar-refractivity contribution is -0.137. The minimum absolute atomic E-state index is 0.213. The van der Waals surface area contributed by atoms with Gasteiger partial charge in [0.2, 0.25) is 0 Å². The Kier molecular flexibility index (Phi) is 6.49. The molecule has 3 aliphatic rings. The maximum absolute atomic E-state index is 13.5. The van der Waals surface area contributed by atoms with Crippen LogP contribution in [0.15, 0.2) is 30.0 Å². The number of benzene rings is 1. The zero-order valence-electron chi connectivity index (χ0n) is 17.6. The highest BCUT2D eigenvalue weighted by molar-refractivity contribution is 6.35. The monoisotopic (exact) mass is 415 g/mol. The van der Waals surface area contributed by atoms with E-state index in [0.29, 0.717) is 29.3 Å². The Hall–Kier alpha value is -2.25. The normalized spacial score (nSPS) is 23.6. The molecule has 1 atom stereocenters. The van der Waals surface area contributed by atoms with Crippen LogP contribution in [0.2, 0.25) is 0 Å². The molecule has 0 spiro atoms. The number of piperidine rings is 1. The molecule has 30 heavy (non-hydrogen) atoms. The van der Waals surface area contributed by atoms with Crippen molar-refractivity contribution in [1.29, 1.82) is 0 Å². The molecule has 0 aliphatic carbocycles. The number of carbonyl (C=O) groups is 2. The molecule has 0 saturated carbocycles. The first kappa shape index (κ1) is 21.0. The number of rotatable bonds is 6. The van der Waals surface area contributed by atoms with Gasteiger partial charge in [-0.05, 0) is 42.9 Å². The average Bonchev–Trinajstić information content (AvgIpc) is 3.00. The van der Waals surface area contributed by atoms with Gasteiger partial charge < -0.3 is 9.64 Å². The molecule has 2 fully saturated rings. The van der Waals surface area contributed by atoms with Gasteiger partial charge in [-0.25, -0.2) is 4.39 Å². The summed E-state index contributed by atoms with van der Waals surface area (Å²) in [5, 5.41) is 0. The molecule has 0 aromatic heterocycles. The van der Waals surface area contributed by atoms with Crippen molar-refractivity contribution in [2.45, 2.75) is 26.2 Å². The number of halogens is 1.